The van der Waals surface area contributed by atoms with Crippen molar-refractivity contribution in [2.45, 2.75) is 0 Å². The lowest BCUT2D eigenvalue weighted by Gasteiger charge is -2.07. The molecule has 2 aromatic carbocycles. The molecule has 0 unspecified atom stereocenters. The van der Waals surface area contributed by atoms with E-state index in [1.54, 1.807) is 36.4 Å². The number of amides is 2. The standard InChI is InChI=1S/C19H16N2O5/c1-20-18(23)11-4-3-5-12(8-11)21-19(24)17-10-15(22)14-7-6-13(25-2)9-16(14)26-17/h3-10H,1-2H3,(H,20,23)(H,21,24). The van der Waals surface area contributed by atoms with Crippen LogP contribution in [0, 0.1) is 0 Å². The topological polar surface area (TPSA) is 97.6 Å². The molecule has 2 N–H and O–H groups in total. The number of carbonyl (C=O) groups excluding carboxylic acids is 2. The van der Waals surface area contributed by atoms with Crippen molar-refractivity contribution >= 4 is 28.5 Å². The molecule has 1 aromatic heterocycles. The first-order valence-corrected chi connectivity index (χ1v) is 7.77. The van der Waals surface area contributed by atoms with E-state index in [0.29, 0.717) is 22.4 Å². The number of carbonyl (C=O) groups is 2. The molecule has 0 saturated carbocycles. The molecule has 0 atom stereocenters. The summed E-state index contributed by atoms with van der Waals surface area (Å²) in [6.07, 6.45) is 0. The fourth-order valence-corrected chi connectivity index (χ4v) is 2.45. The maximum Gasteiger partial charge on any atom is 0.291 e. The molecule has 3 aromatic rings. The highest BCUT2D eigenvalue weighted by Gasteiger charge is 2.14. The molecule has 0 radical (unpaired) electrons. The van der Waals surface area contributed by atoms with Gasteiger partial charge in [0.25, 0.3) is 11.8 Å². The van der Waals surface area contributed by atoms with Crippen LogP contribution in [0.5, 0.6) is 5.75 Å². The van der Waals surface area contributed by atoms with E-state index in [4.69, 9.17) is 9.15 Å². The third-order valence-corrected chi connectivity index (χ3v) is 3.77. The molecule has 2 amide bonds. The Kier molecular flexibility index (Phi) is 4.70. The van der Waals surface area contributed by atoms with Gasteiger partial charge in [0, 0.05) is 30.4 Å². The molecule has 0 aliphatic carbocycles. The summed E-state index contributed by atoms with van der Waals surface area (Å²) < 4.78 is 10.7. The molecule has 3 rings (SSSR count). The highest BCUT2D eigenvalue weighted by Crippen LogP contribution is 2.20. The van der Waals surface area contributed by atoms with Gasteiger partial charge in [0.1, 0.15) is 11.3 Å². The largest absolute Gasteiger partial charge is 0.497 e. The van der Waals surface area contributed by atoms with Gasteiger partial charge in [-0.2, -0.15) is 0 Å². The third kappa shape index (κ3) is 3.41. The summed E-state index contributed by atoms with van der Waals surface area (Å²) in [4.78, 5) is 36.3. The molecule has 0 spiro atoms. The second-order valence-electron chi connectivity index (χ2n) is 5.45. The monoisotopic (exact) mass is 352 g/mol. The van der Waals surface area contributed by atoms with E-state index in [9.17, 15) is 14.4 Å². The first-order valence-electron chi connectivity index (χ1n) is 7.77. The molecule has 132 valence electrons. The van der Waals surface area contributed by atoms with Crippen LogP contribution >= 0.6 is 0 Å². The Labute approximate surface area is 148 Å². The van der Waals surface area contributed by atoms with Gasteiger partial charge in [0.2, 0.25) is 0 Å². The zero-order chi connectivity index (χ0) is 18.7. The van der Waals surface area contributed by atoms with Crippen molar-refractivity contribution in [2.24, 2.45) is 0 Å². The van der Waals surface area contributed by atoms with E-state index in [2.05, 4.69) is 10.6 Å². The third-order valence-electron chi connectivity index (χ3n) is 3.77. The molecular weight excluding hydrogens is 336 g/mol. The highest BCUT2D eigenvalue weighted by atomic mass is 16.5. The Morgan fingerprint density at radius 1 is 1.04 bits per heavy atom. The summed E-state index contributed by atoms with van der Waals surface area (Å²) in [5.41, 5.74) is 0.721. The minimum absolute atomic E-state index is 0.138. The molecule has 0 aliphatic heterocycles. The van der Waals surface area contributed by atoms with Gasteiger partial charge in [-0.1, -0.05) is 6.07 Å². The predicted octanol–water partition coefficient (Wildman–Crippen LogP) is 2.41. The number of hydrogen-bond acceptors (Lipinski definition) is 5. The Morgan fingerprint density at radius 3 is 2.58 bits per heavy atom. The van der Waals surface area contributed by atoms with Crippen molar-refractivity contribution < 1.29 is 18.7 Å². The van der Waals surface area contributed by atoms with Crippen molar-refractivity contribution in [3.8, 4) is 5.75 Å². The van der Waals surface area contributed by atoms with Crippen LogP contribution in [0.2, 0.25) is 0 Å². The zero-order valence-corrected chi connectivity index (χ0v) is 14.2. The molecular formula is C19H16N2O5. The summed E-state index contributed by atoms with van der Waals surface area (Å²) in [6, 6.07) is 12.3. The summed E-state index contributed by atoms with van der Waals surface area (Å²) in [7, 11) is 3.01. The fourth-order valence-electron chi connectivity index (χ4n) is 2.45. The van der Waals surface area contributed by atoms with Gasteiger partial charge in [-0.25, -0.2) is 0 Å². The SMILES string of the molecule is CNC(=O)c1cccc(NC(=O)c2cc(=O)c3ccc(OC)cc3o2)c1. The van der Waals surface area contributed by atoms with Crippen LogP contribution in [-0.2, 0) is 0 Å². The number of fused-ring (bicyclic) bond motifs is 1. The predicted molar refractivity (Wildman–Crippen MR) is 96.8 cm³/mol. The van der Waals surface area contributed by atoms with Crippen LogP contribution in [0.15, 0.2) is 57.7 Å². The second kappa shape index (κ2) is 7.10. The molecule has 26 heavy (non-hydrogen) atoms. The van der Waals surface area contributed by atoms with Crippen LogP contribution in [0.25, 0.3) is 11.0 Å². The molecule has 1 heterocycles. The van der Waals surface area contributed by atoms with Gasteiger partial charge in [0.05, 0.1) is 12.5 Å². The molecule has 0 bridgehead atoms. The van der Waals surface area contributed by atoms with Crippen LogP contribution in [0.4, 0.5) is 5.69 Å². The first kappa shape index (κ1) is 17.2. The molecule has 7 nitrogen and oxygen atoms in total. The van der Waals surface area contributed by atoms with E-state index in [1.165, 1.54) is 20.2 Å². The van der Waals surface area contributed by atoms with Gasteiger partial charge in [-0.05, 0) is 30.3 Å². The van der Waals surface area contributed by atoms with E-state index >= 15 is 0 Å². The normalized spacial score (nSPS) is 10.4. The van der Waals surface area contributed by atoms with Gasteiger partial charge < -0.3 is 19.8 Å². The number of benzene rings is 2. The average molecular weight is 352 g/mol. The molecule has 7 heteroatoms. The van der Waals surface area contributed by atoms with Crippen LogP contribution in [0.1, 0.15) is 20.9 Å². The van der Waals surface area contributed by atoms with Gasteiger partial charge in [0.15, 0.2) is 11.2 Å². The summed E-state index contributed by atoms with van der Waals surface area (Å²) in [5, 5.41) is 5.47. The minimum atomic E-state index is -0.596. The smallest absolute Gasteiger partial charge is 0.291 e. The van der Waals surface area contributed by atoms with Gasteiger partial charge in [-0.15, -0.1) is 0 Å². The number of anilines is 1. The number of hydrogen-bond donors (Lipinski definition) is 2. The lowest BCUT2D eigenvalue weighted by molar-refractivity contribution is 0.0960. The van der Waals surface area contributed by atoms with Gasteiger partial charge in [-0.3, -0.25) is 14.4 Å². The van der Waals surface area contributed by atoms with Gasteiger partial charge >= 0.3 is 0 Å². The Balaban J connectivity index is 1.93. The number of methoxy groups -OCH3 is 1. The van der Waals surface area contributed by atoms with Crippen LogP contribution < -0.4 is 20.8 Å². The second-order valence-corrected chi connectivity index (χ2v) is 5.45. The fraction of sp³-hybridized carbons (Fsp3) is 0.105. The van der Waals surface area contributed by atoms with E-state index in [-0.39, 0.29) is 22.7 Å². The Bertz CT molecular complexity index is 1060. The van der Waals surface area contributed by atoms with Crippen LogP contribution in [0.3, 0.4) is 0 Å². The lowest BCUT2D eigenvalue weighted by Crippen LogP contribution is -2.19. The summed E-state index contributed by atoms with van der Waals surface area (Å²) >= 11 is 0. The number of rotatable bonds is 4. The zero-order valence-electron chi connectivity index (χ0n) is 14.2. The highest BCUT2D eigenvalue weighted by molar-refractivity contribution is 6.04. The average Bonchev–Trinajstić information content (AvgIpc) is 2.66. The Morgan fingerprint density at radius 2 is 1.85 bits per heavy atom. The molecule has 0 fully saturated rings. The number of nitrogens with one attached hydrogen (secondary N) is 2. The number of ether oxygens (including phenoxy) is 1. The Hall–Kier alpha value is -3.61. The molecule has 0 saturated heterocycles. The van der Waals surface area contributed by atoms with Crippen molar-refractivity contribution in [3.63, 3.8) is 0 Å². The summed E-state index contributed by atoms with van der Waals surface area (Å²) in [6.45, 7) is 0. The maximum absolute atomic E-state index is 12.4. The van der Waals surface area contributed by atoms with E-state index in [1.807, 2.05) is 0 Å². The van der Waals surface area contributed by atoms with Crippen LogP contribution in [-0.4, -0.2) is 26.0 Å². The van der Waals surface area contributed by atoms with E-state index in [0.717, 1.165) is 6.07 Å². The quantitative estimate of drug-likeness (QED) is 0.751. The minimum Gasteiger partial charge on any atom is -0.497 e. The maximum atomic E-state index is 12.4. The van der Waals surface area contributed by atoms with E-state index < -0.39 is 5.91 Å². The van der Waals surface area contributed by atoms with Crippen molar-refractivity contribution in [1.82, 2.24) is 5.32 Å². The van der Waals surface area contributed by atoms with Crippen molar-refractivity contribution in [1.29, 1.82) is 0 Å². The first-order chi connectivity index (χ1) is 12.5. The van der Waals surface area contributed by atoms with Crippen molar-refractivity contribution in [3.05, 3.63) is 70.1 Å². The van der Waals surface area contributed by atoms with Crippen molar-refractivity contribution in [2.75, 3.05) is 19.5 Å². The molecule has 0 aliphatic rings. The summed E-state index contributed by atoms with van der Waals surface area (Å²) in [5.74, 6) is -0.496. The lowest BCUT2D eigenvalue weighted by atomic mass is 10.2.